The fraction of sp³-hybridized carbons (Fsp3) is 0.462. The van der Waals surface area contributed by atoms with Crippen LogP contribution in [0.15, 0.2) is 18.2 Å². The van der Waals surface area contributed by atoms with Crippen LogP contribution in [0, 0.1) is 6.92 Å². The minimum Gasteiger partial charge on any atom is -0.268 e. The SMILES string of the molecule is CCC(CC)S(=O)(=O)NC(=O)c1cc(C)cc(Cl)c1. The van der Waals surface area contributed by atoms with Crippen LogP contribution in [0.25, 0.3) is 0 Å². The lowest BCUT2D eigenvalue weighted by Gasteiger charge is -2.14. The van der Waals surface area contributed by atoms with Gasteiger partial charge in [-0.1, -0.05) is 25.4 Å². The molecule has 0 atom stereocenters. The first-order valence-electron chi connectivity index (χ1n) is 6.13. The second-order valence-corrected chi connectivity index (χ2v) is 6.83. The van der Waals surface area contributed by atoms with Crippen LogP contribution in [0.2, 0.25) is 5.02 Å². The van der Waals surface area contributed by atoms with Gasteiger partial charge >= 0.3 is 0 Å². The molecule has 0 fully saturated rings. The Kier molecular flexibility index (Phi) is 5.38. The lowest BCUT2D eigenvalue weighted by atomic mass is 10.1. The maximum absolute atomic E-state index is 12.0. The number of carbonyl (C=O) groups excluding carboxylic acids is 1. The van der Waals surface area contributed by atoms with Crippen LogP contribution in [-0.4, -0.2) is 19.6 Å². The second-order valence-electron chi connectivity index (χ2n) is 4.43. The van der Waals surface area contributed by atoms with E-state index in [0.29, 0.717) is 17.9 Å². The van der Waals surface area contributed by atoms with E-state index in [4.69, 9.17) is 11.6 Å². The molecule has 1 rings (SSSR count). The standard InChI is InChI=1S/C13H18ClNO3S/c1-4-12(5-2)19(17,18)15-13(16)10-6-9(3)7-11(14)8-10/h6-8,12H,4-5H2,1-3H3,(H,15,16). The number of hydrogen-bond acceptors (Lipinski definition) is 3. The molecule has 0 aliphatic rings. The lowest BCUT2D eigenvalue weighted by molar-refractivity contribution is 0.0981. The Balaban J connectivity index is 2.96. The monoisotopic (exact) mass is 303 g/mol. The Morgan fingerprint density at radius 2 is 1.84 bits per heavy atom. The summed E-state index contributed by atoms with van der Waals surface area (Å²) in [5.41, 5.74) is 1.05. The van der Waals surface area contributed by atoms with Crippen molar-refractivity contribution in [3.8, 4) is 0 Å². The molecule has 0 heterocycles. The van der Waals surface area contributed by atoms with Crippen LogP contribution >= 0.6 is 11.6 Å². The van der Waals surface area contributed by atoms with Gasteiger partial charge in [0.15, 0.2) is 0 Å². The van der Waals surface area contributed by atoms with Crippen molar-refractivity contribution in [3.05, 3.63) is 34.3 Å². The zero-order valence-electron chi connectivity index (χ0n) is 11.2. The van der Waals surface area contributed by atoms with E-state index >= 15 is 0 Å². The van der Waals surface area contributed by atoms with E-state index in [1.807, 2.05) is 0 Å². The molecule has 0 aliphatic heterocycles. The van der Waals surface area contributed by atoms with Gasteiger partial charge in [-0.2, -0.15) is 0 Å². The highest BCUT2D eigenvalue weighted by molar-refractivity contribution is 7.90. The van der Waals surface area contributed by atoms with E-state index in [0.717, 1.165) is 5.56 Å². The van der Waals surface area contributed by atoms with E-state index in [1.54, 1.807) is 32.9 Å². The highest BCUT2D eigenvalue weighted by Gasteiger charge is 2.24. The van der Waals surface area contributed by atoms with E-state index in [1.165, 1.54) is 6.07 Å². The topological polar surface area (TPSA) is 63.2 Å². The number of halogens is 1. The number of benzene rings is 1. The molecule has 4 nitrogen and oxygen atoms in total. The van der Waals surface area contributed by atoms with Gasteiger partial charge < -0.3 is 0 Å². The minimum absolute atomic E-state index is 0.250. The van der Waals surface area contributed by atoms with Crippen molar-refractivity contribution < 1.29 is 13.2 Å². The van der Waals surface area contributed by atoms with Crippen LogP contribution in [0.5, 0.6) is 0 Å². The summed E-state index contributed by atoms with van der Waals surface area (Å²) in [6, 6.07) is 4.75. The Labute approximate surface area is 119 Å². The Morgan fingerprint density at radius 1 is 1.26 bits per heavy atom. The number of sulfonamides is 1. The third-order valence-corrected chi connectivity index (χ3v) is 5.12. The van der Waals surface area contributed by atoms with E-state index in [2.05, 4.69) is 4.72 Å². The number of carbonyl (C=O) groups is 1. The van der Waals surface area contributed by atoms with Crippen LogP contribution in [0.1, 0.15) is 42.6 Å². The first kappa shape index (κ1) is 16.0. The third-order valence-electron chi connectivity index (χ3n) is 2.89. The Hall–Kier alpha value is -1.07. The molecule has 0 saturated heterocycles. The maximum atomic E-state index is 12.0. The van der Waals surface area contributed by atoms with E-state index < -0.39 is 21.2 Å². The molecule has 0 radical (unpaired) electrons. The van der Waals surface area contributed by atoms with Gasteiger partial charge in [-0.15, -0.1) is 0 Å². The summed E-state index contributed by atoms with van der Waals surface area (Å²) >= 11 is 5.85. The normalized spacial score (nSPS) is 11.6. The van der Waals surface area contributed by atoms with Crippen LogP contribution in [0.4, 0.5) is 0 Å². The molecule has 1 N–H and O–H groups in total. The fourth-order valence-electron chi connectivity index (χ4n) is 1.87. The van der Waals surface area contributed by atoms with Gasteiger partial charge in [-0.05, 0) is 43.5 Å². The molecule has 0 spiro atoms. The zero-order valence-corrected chi connectivity index (χ0v) is 12.8. The molecule has 0 aliphatic carbocycles. The summed E-state index contributed by atoms with van der Waals surface area (Å²) in [5.74, 6) is -0.641. The largest absolute Gasteiger partial charge is 0.268 e. The van der Waals surface area contributed by atoms with Gasteiger partial charge in [-0.25, -0.2) is 13.1 Å². The Bertz CT molecular complexity index is 545. The fourth-order valence-corrected chi connectivity index (χ4v) is 3.58. The first-order valence-corrected chi connectivity index (χ1v) is 8.05. The van der Waals surface area contributed by atoms with Gasteiger partial charge in [0.05, 0.1) is 5.25 Å². The molecule has 0 aromatic heterocycles. The van der Waals surface area contributed by atoms with Gasteiger partial charge in [0.25, 0.3) is 5.91 Å². The molecule has 1 aromatic rings. The summed E-state index contributed by atoms with van der Waals surface area (Å²) in [4.78, 5) is 12.0. The highest BCUT2D eigenvalue weighted by Crippen LogP contribution is 2.15. The second kappa shape index (κ2) is 6.39. The number of rotatable bonds is 5. The maximum Gasteiger partial charge on any atom is 0.264 e. The van der Waals surface area contributed by atoms with Crippen molar-refractivity contribution in [1.29, 1.82) is 0 Å². The molecule has 0 unspecified atom stereocenters. The van der Waals surface area contributed by atoms with Gasteiger partial charge in [0.1, 0.15) is 0 Å². The highest BCUT2D eigenvalue weighted by atomic mass is 35.5. The van der Waals surface area contributed by atoms with Crippen molar-refractivity contribution in [2.45, 2.75) is 38.9 Å². The predicted molar refractivity (Wildman–Crippen MR) is 76.9 cm³/mol. The quantitative estimate of drug-likeness (QED) is 0.909. The van der Waals surface area contributed by atoms with Crippen molar-refractivity contribution >= 4 is 27.5 Å². The predicted octanol–water partition coefficient (Wildman–Crippen LogP) is 2.90. The first-order chi connectivity index (χ1) is 8.80. The molecule has 1 aromatic carbocycles. The summed E-state index contributed by atoms with van der Waals surface area (Å²) in [7, 11) is -3.64. The van der Waals surface area contributed by atoms with Crippen molar-refractivity contribution in [3.63, 3.8) is 0 Å². The molecule has 1 amide bonds. The van der Waals surface area contributed by atoms with Gasteiger partial charge in [-0.3, -0.25) is 4.79 Å². The average Bonchev–Trinajstić information content (AvgIpc) is 2.28. The molecule has 19 heavy (non-hydrogen) atoms. The van der Waals surface area contributed by atoms with Crippen LogP contribution in [0.3, 0.4) is 0 Å². The van der Waals surface area contributed by atoms with Gasteiger partial charge in [0, 0.05) is 10.6 Å². The number of aryl methyl sites for hydroxylation is 1. The average molecular weight is 304 g/mol. The zero-order chi connectivity index (χ0) is 14.6. The van der Waals surface area contributed by atoms with Crippen molar-refractivity contribution in [2.75, 3.05) is 0 Å². The van der Waals surface area contributed by atoms with Gasteiger partial charge in [0.2, 0.25) is 10.0 Å². The van der Waals surface area contributed by atoms with Crippen LogP contribution in [-0.2, 0) is 10.0 Å². The molecular formula is C13H18ClNO3S. The van der Waals surface area contributed by atoms with Crippen LogP contribution < -0.4 is 4.72 Å². The smallest absolute Gasteiger partial charge is 0.264 e. The summed E-state index contributed by atoms with van der Waals surface area (Å²) in [6.07, 6.45) is 0.932. The molecule has 106 valence electrons. The summed E-state index contributed by atoms with van der Waals surface area (Å²) < 4.78 is 26.1. The van der Waals surface area contributed by atoms with E-state index in [9.17, 15) is 13.2 Å². The number of nitrogens with one attached hydrogen (secondary N) is 1. The van der Waals surface area contributed by atoms with Crippen molar-refractivity contribution in [1.82, 2.24) is 4.72 Å². The minimum atomic E-state index is -3.64. The summed E-state index contributed by atoms with van der Waals surface area (Å²) in [6.45, 7) is 5.35. The molecular weight excluding hydrogens is 286 g/mol. The third kappa shape index (κ3) is 4.21. The number of amides is 1. The molecule has 0 bridgehead atoms. The lowest BCUT2D eigenvalue weighted by Crippen LogP contribution is -2.37. The molecule has 6 heteroatoms. The van der Waals surface area contributed by atoms with Crippen molar-refractivity contribution in [2.24, 2.45) is 0 Å². The Morgan fingerprint density at radius 3 is 2.32 bits per heavy atom. The molecule has 0 saturated carbocycles. The summed E-state index contributed by atoms with van der Waals surface area (Å²) in [5, 5.41) is -0.151. The van der Waals surface area contributed by atoms with E-state index in [-0.39, 0.29) is 5.56 Å². The number of hydrogen-bond donors (Lipinski definition) is 1.